The van der Waals surface area contributed by atoms with Crippen LogP contribution in [0.25, 0.3) is 21.9 Å². The molecule has 3 rings (SSSR count). The van der Waals surface area contributed by atoms with E-state index in [4.69, 9.17) is 9.52 Å². The molecule has 0 saturated heterocycles. The largest absolute Gasteiger partial charge is 0.475 e. The second kappa shape index (κ2) is 4.70. The molecular formula is C16H13NO4. The summed E-state index contributed by atoms with van der Waals surface area (Å²) < 4.78 is 5.41. The van der Waals surface area contributed by atoms with Gasteiger partial charge in [-0.2, -0.15) is 0 Å². The van der Waals surface area contributed by atoms with Crippen LogP contribution in [-0.2, 0) is 0 Å². The fraction of sp³-hybridized carbons (Fsp3) is 0.188. The van der Waals surface area contributed by atoms with Gasteiger partial charge in [-0.25, -0.2) is 4.79 Å². The molecule has 0 unspecified atom stereocenters. The zero-order chi connectivity index (χ0) is 15.1. The number of nitrogens with zero attached hydrogens (tertiary/aromatic N) is 1. The highest BCUT2D eigenvalue weighted by Crippen LogP contribution is 2.26. The predicted molar refractivity (Wildman–Crippen MR) is 78.8 cm³/mol. The van der Waals surface area contributed by atoms with Crippen molar-refractivity contribution in [3.05, 3.63) is 52.0 Å². The normalized spacial score (nSPS) is 11.4. The second-order valence-electron chi connectivity index (χ2n) is 5.21. The molecule has 0 radical (unpaired) electrons. The van der Waals surface area contributed by atoms with Crippen LogP contribution < -0.4 is 5.43 Å². The summed E-state index contributed by atoms with van der Waals surface area (Å²) in [4.78, 5) is 27.3. The first-order valence-corrected chi connectivity index (χ1v) is 6.57. The number of fused-ring (bicyclic) bond motifs is 3. The average Bonchev–Trinajstić information content (AvgIpc) is 2.46. The van der Waals surface area contributed by atoms with Gasteiger partial charge in [-0.05, 0) is 23.6 Å². The van der Waals surface area contributed by atoms with Crippen molar-refractivity contribution < 1.29 is 14.3 Å². The Morgan fingerprint density at radius 2 is 2.00 bits per heavy atom. The minimum atomic E-state index is -1.26. The molecule has 0 spiro atoms. The molecule has 0 fully saturated rings. The van der Waals surface area contributed by atoms with Crippen molar-refractivity contribution >= 4 is 27.8 Å². The molecule has 21 heavy (non-hydrogen) atoms. The Morgan fingerprint density at radius 3 is 2.67 bits per heavy atom. The van der Waals surface area contributed by atoms with Gasteiger partial charge in [-0.3, -0.25) is 9.78 Å². The number of hydrogen-bond donors (Lipinski definition) is 1. The molecule has 2 heterocycles. The Labute approximate surface area is 119 Å². The molecule has 2 aromatic heterocycles. The lowest BCUT2D eigenvalue weighted by Crippen LogP contribution is -2.07. The molecule has 0 saturated carbocycles. The van der Waals surface area contributed by atoms with E-state index in [0.717, 1.165) is 11.6 Å². The fourth-order valence-electron chi connectivity index (χ4n) is 2.27. The molecule has 5 heteroatoms. The third kappa shape index (κ3) is 2.16. The number of carboxylic acid groups (broad SMARTS) is 1. The molecular weight excluding hydrogens is 270 g/mol. The molecule has 5 nitrogen and oxygen atoms in total. The molecule has 0 aliphatic heterocycles. The maximum absolute atomic E-state index is 12.0. The number of pyridine rings is 1. The highest BCUT2D eigenvalue weighted by atomic mass is 16.4. The average molecular weight is 283 g/mol. The second-order valence-corrected chi connectivity index (χ2v) is 5.21. The van der Waals surface area contributed by atoms with Gasteiger partial charge in [0.05, 0.1) is 10.9 Å². The van der Waals surface area contributed by atoms with Gasteiger partial charge in [0.1, 0.15) is 5.58 Å². The highest BCUT2D eigenvalue weighted by Gasteiger charge is 2.14. The van der Waals surface area contributed by atoms with Crippen LogP contribution in [0.1, 0.15) is 35.9 Å². The summed E-state index contributed by atoms with van der Waals surface area (Å²) in [5, 5.41) is 9.97. The van der Waals surface area contributed by atoms with Gasteiger partial charge < -0.3 is 9.52 Å². The number of aromatic carboxylic acids is 1. The van der Waals surface area contributed by atoms with Crippen LogP contribution in [0.4, 0.5) is 0 Å². The molecule has 1 N–H and O–H groups in total. The highest BCUT2D eigenvalue weighted by molar-refractivity contribution is 6.02. The van der Waals surface area contributed by atoms with E-state index in [0.29, 0.717) is 16.8 Å². The lowest BCUT2D eigenvalue weighted by Gasteiger charge is -2.08. The van der Waals surface area contributed by atoms with Crippen LogP contribution >= 0.6 is 0 Å². The Hall–Kier alpha value is -2.69. The van der Waals surface area contributed by atoms with Crippen LogP contribution in [-0.4, -0.2) is 16.1 Å². The Kier molecular flexibility index (Phi) is 2.97. The first kappa shape index (κ1) is 13.3. The number of carboxylic acids is 1. The minimum Gasteiger partial charge on any atom is -0.475 e. The zero-order valence-electron chi connectivity index (χ0n) is 11.6. The van der Waals surface area contributed by atoms with Crippen molar-refractivity contribution in [3.63, 3.8) is 0 Å². The van der Waals surface area contributed by atoms with E-state index in [1.165, 1.54) is 6.20 Å². The van der Waals surface area contributed by atoms with Gasteiger partial charge in [0.15, 0.2) is 5.43 Å². The van der Waals surface area contributed by atoms with Crippen molar-refractivity contribution in [2.75, 3.05) is 0 Å². The van der Waals surface area contributed by atoms with Crippen molar-refractivity contribution in [3.8, 4) is 0 Å². The molecule has 0 atom stereocenters. The SMILES string of the molecule is CC(C)c1ccc2ncc3c(=O)cc(C(=O)O)oc3c2c1. The summed E-state index contributed by atoms with van der Waals surface area (Å²) in [6.07, 6.45) is 1.42. The maximum Gasteiger partial charge on any atom is 0.371 e. The van der Waals surface area contributed by atoms with E-state index in [-0.39, 0.29) is 16.7 Å². The smallest absolute Gasteiger partial charge is 0.371 e. The van der Waals surface area contributed by atoms with Gasteiger partial charge >= 0.3 is 5.97 Å². The van der Waals surface area contributed by atoms with Crippen LogP contribution in [0.5, 0.6) is 0 Å². The van der Waals surface area contributed by atoms with Gasteiger partial charge in [0.2, 0.25) is 5.76 Å². The standard InChI is InChI=1S/C16H13NO4/c1-8(2)9-3-4-12-10(5-9)15-11(7-17-12)13(18)6-14(21-15)16(19)20/h3-8H,1-2H3,(H,19,20). The van der Waals surface area contributed by atoms with Crippen molar-refractivity contribution in [1.82, 2.24) is 4.98 Å². The van der Waals surface area contributed by atoms with Crippen molar-refractivity contribution in [1.29, 1.82) is 0 Å². The van der Waals surface area contributed by atoms with Crippen molar-refractivity contribution in [2.24, 2.45) is 0 Å². The topological polar surface area (TPSA) is 80.4 Å². The van der Waals surface area contributed by atoms with Crippen LogP contribution in [0.2, 0.25) is 0 Å². The Bertz CT molecular complexity index is 925. The summed E-state index contributed by atoms with van der Waals surface area (Å²) in [5.74, 6) is -1.33. The van der Waals surface area contributed by atoms with Crippen molar-refractivity contribution in [2.45, 2.75) is 19.8 Å². The monoisotopic (exact) mass is 283 g/mol. The number of hydrogen-bond acceptors (Lipinski definition) is 4. The lowest BCUT2D eigenvalue weighted by molar-refractivity contribution is 0.0663. The first-order chi connectivity index (χ1) is 9.97. The van der Waals surface area contributed by atoms with Crippen LogP contribution in [0.3, 0.4) is 0 Å². The minimum absolute atomic E-state index is 0.271. The number of benzene rings is 1. The summed E-state index contributed by atoms with van der Waals surface area (Å²) in [7, 11) is 0. The van der Waals surface area contributed by atoms with Crippen LogP contribution in [0.15, 0.2) is 39.7 Å². The summed E-state index contributed by atoms with van der Waals surface area (Å²) >= 11 is 0. The summed E-state index contributed by atoms with van der Waals surface area (Å²) in [6, 6.07) is 6.68. The number of aromatic nitrogens is 1. The fourth-order valence-corrected chi connectivity index (χ4v) is 2.27. The van der Waals surface area contributed by atoms with E-state index in [1.807, 2.05) is 18.2 Å². The maximum atomic E-state index is 12.0. The molecule has 0 amide bonds. The van der Waals surface area contributed by atoms with Gasteiger partial charge in [0.25, 0.3) is 0 Å². The molecule has 0 aliphatic rings. The zero-order valence-corrected chi connectivity index (χ0v) is 11.6. The quantitative estimate of drug-likeness (QED) is 0.731. The lowest BCUT2D eigenvalue weighted by atomic mass is 10.0. The van der Waals surface area contributed by atoms with Gasteiger partial charge in [0, 0.05) is 17.6 Å². The van der Waals surface area contributed by atoms with Crippen LogP contribution in [0, 0.1) is 0 Å². The predicted octanol–water partition coefficient (Wildman–Crippen LogP) is 3.16. The molecule has 1 aromatic carbocycles. The van der Waals surface area contributed by atoms with E-state index in [2.05, 4.69) is 18.8 Å². The summed E-state index contributed by atoms with van der Waals surface area (Å²) in [6.45, 7) is 4.11. The third-order valence-electron chi connectivity index (χ3n) is 3.46. The number of carbonyl (C=O) groups is 1. The van der Waals surface area contributed by atoms with E-state index < -0.39 is 11.4 Å². The third-order valence-corrected chi connectivity index (χ3v) is 3.46. The Balaban J connectivity index is 2.47. The van der Waals surface area contributed by atoms with E-state index in [9.17, 15) is 9.59 Å². The van der Waals surface area contributed by atoms with Gasteiger partial charge in [-0.1, -0.05) is 19.9 Å². The number of rotatable bonds is 2. The Morgan fingerprint density at radius 1 is 1.24 bits per heavy atom. The summed E-state index contributed by atoms with van der Waals surface area (Å²) in [5.41, 5.74) is 1.60. The van der Waals surface area contributed by atoms with E-state index in [1.54, 1.807) is 0 Å². The first-order valence-electron chi connectivity index (χ1n) is 6.57. The van der Waals surface area contributed by atoms with Gasteiger partial charge in [-0.15, -0.1) is 0 Å². The molecule has 0 bridgehead atoms. The van der Waals surface area contributed by atoms with E-state index >= 15 is 0 Å². The molecule has 3 aromatic rings. The molecule has 0 aliphatic carbocycles. The molecule has 106 valence electrons.